The molecular formula is C11H15ClO2. The van der Waals surface area contributed by atoms with Crippen molar-refractivity contribution in [1.29, 1.82) is 0 Å². The van der Waals surface area contributed by atoms with Crippen LogP contribution in [0.4, 0.5) is 0 Å². The Morgan fingerprint density at radius 1 is 1.43 bits per heavy atom. The quantitative estimate of drug-likeness (QED) is 0.835. The zero-order chi connectivity index (χ0) is 10.6. The largest absolute Gasteiger partial charge is 0.383 e. The van der Waals surface area contributed by atoms with E-state index < -0.39 is 5.60 Å². The van der Waals surface area contributed by atoms with Gasteiger partial charge in [0.15, 0.2) is 0 Å². The van der Waals surface area contributed by atoms with Crippen LogP contribution >= 0.6 is 11.6 Å². The van der Waals surface area contributed by atoms with Crippen molar-refractivity contribution in [3.63, 3.8) is 0 Å². The second-order valence-electron chi connectivity index (χ2n) is 3.39. The Kier molecular flexibility index (Phi) is 3.93. The zero-order valence-electron chi connectivity index (χ0n) is 8.46. The van der Waals surface area contributed by atoms with Gasteiger partial charge in [0, 0.05) is 17.2 Å². The summed E-state index contributed by atoms with van der Waals surface area (Å²) >= 11 is 5.97. The van der Waals surface area contributed by atoms with Gasteiger partial charge in [0.2, 0.25) is 0 Å². The summed E-state index contributed by atoms with van der Waals surface area (Å²) in [6.07, 6.45) is 0. The van der Waals surface area contributed by atoms with Crippen LogP contribution in [-0.2, 0) is 10.3 Å². The van der Waals surface area contributed by atoms with E-state index in [4.69, 9.17) is 16.3 Å². The van der Waals surface area contributed by atoms with Gasteiger partial charge in [-0.1, -0.05) is 29.8 Å². The Labute approximate surface area is 89.5 Å². The predicted octanol–water partition coefficient (Wildman–Crippen LogP) is 2.58. The van der Waals surface area contributed by atoms with E-state index in [1.807, 2.05) is 19.1 Å². The summed E-state index contributed by atoms with van der Waals surface area (Å²) in [7, 11) is 0. The van der Waals surface area contributed by atoms with Gasteiger partial charge in [-0.25, -0.2) is 0 Å². The summed E-state index contributed by atoms with van der Waals surface area (Å²) in [6.45, 7) is 4.43. The van der Waals surface area contributed by atoms with Crippen molar-refractivity contribution >= 4 is 11.6 Å². The maximum atomic E-state index is 10.1. The summed E-state index contributed by atoms with van der Waals surface area (Å²) in [5.41, 5.74) is -0.316. The molecule has 0 aliphatic carbocycles. The van der Waals surface area contributed by atoms with E-state index in [0.29, 0.717) is 17.2 Å². The van der Waals surface area contributed by atoms with Crippen LogP contribution in [0.5, 0.6) is 0 Å². The second kappa shape index (κ2) is 4.78. The highest BCUT2D eigenvalue weighted by Crippen LogP contribution is 2.27. The molecule has 78 valence electrons. The normalized spacial score (nSPS) is 15.1. The minimum absolute atomic E-state index is 0.257. The number of benzene rings is 1. The summed E-state index contributed by atoms with van der Waals surface area (Å²) in [6, 6.07) is 7.25. The minimum atomic E-state index is -1.02. The number of ether oxygens (including phenoxy) is 1. The first-order valence-corrected chi connectivity index (χ1v) is 5.01. The van der Waals surface area contributed by atoms with Gasteiger partial charge in [-0.15, -0.1) is 0 Å². The molecule has 1 unspecified atom stereocenters. The van der Waals surface area contributed by atoms with Gasteiger partial charge in [0.25, 0.3) is 0 Å². The van der Waals surface area contributed by atoms with Crippen molar-refractivity contribution in [2.24, 2.45) is 0 Å². The van der Waals surface area contributed by atoms with Crippen LogP contribution in [0.25, 0.3) is 0 Å². The molecule has 0 aromatic heterocycles. The van der Waals surface area contributed by atoms with Gasteiger partial charge in [-0.05, 0) is 19.9 Å². The Bertz CT molecular complexity index is 297. The van der Waals surface area contributed by atoms with E-state index in [9.17, 15) is 5.11 Å². The van der Waals surface area contributed by atoms with Gasteiger partial charge < -0.3 is 9.84 Å². The van der Waals surface area contributed by atoms with Gasteiger partial charge in [0.05, 0.1) is 6.61 Å². The first kappa shape index (κ1) is 11.5. The fraction of sp³-hybridized carbons (Fsp3) is 0.455. The lowest BCUT2D eigenvalue weighted by Gasteiger charge is -2.24. The molecule has 0 saturated carbocycles. The SMILES string of the molecule is CCOCC(C)(O)c1ccccc1Cl. The number of hydrogen-bond donors (Lipinski definition) is 1. The Hall–Kier alpha value is -0.570. The number of rotatable bonds is 4. The molecule has 1 rings (SSSR count). The van der Waals surface area contributed by atoms with Crippen molar-refractivity contribution in [2.45, 2.75) is 19.4 Å². The lowest BCUT2D eigenvalue weighted by Crippen LogP contribution is -2.28. The van der Waals surface area contributed by atoms with Crippen LogP contribution in [0.3, 0.4) is 0 Å². The molecular weight excluding hydrogens is 200 g/mol. The maximum absolute atomic E-state index is 10.1. The third-order valence-electron chi connectivity index (χ3n) is 2.04. The molecule has 0 heterocycles. The topological polar surface area (TPSA) is 29.5 Å². The van der Waals surface area contributed by atoms with Crippen molar-refractivity contribution in [3.05, 3.63) is 34.9 Å². The monoisotopic (exact) mass is 214 g/mol. The molecule has 14 heavy (non-hydrogen) atoms. The Balaban J connectivity index is 2.86. The molecule has 0 spiro atoms. The van der Waals surface area contributed by atoms with Crippen LogP contribution in [0, 0.1) is 0 Å². The van der Waals surface area contributed by atoms with Crippen molar-refractivity contribution < 1.29 is 9.84 Å². The number of hydrogen-bond acceptors (Lipinski definition) is 2. The molecule has 0 bridgehead atoms. The molecule has 0 saturated heterocycles. The molecule has 1 atom stereocenters. The molecule has 3 heteroatoms. The van der Waals surface area contributed by atoms with Crippen LogP contribution < -0.4 is 0 Å². The maximum Gasteiger partial charge on any atom is 0.111 e. The average molecular weight is 215 g/mol. The van der Waals surface area contributed by atoms with E-state index in [0.717, 1.165) is 0 Å². The zero-order valence-corrected chi connectivity index (χ0v) is 9.21. The van der Waals surface area contributed by atoms with Crippen LogP contribution in [-0.4, -0.2) is 18.3 Å². The van der Waals surface area contributed by atoms with Gasteiger partial charge in [-0.2, -0.15) is 0 Å². The van der Waals surface area contributed by atoms with E-state index in [1.165, 1.54) is 0 Å². The third-order valence-corrected chi connectivity index (χ3v) is 2.37. The summed E-state index contributed by atoms with van der Waals surface area (Å²) in [5.74, 6) is 0. The number of halogens is 1. The van der Waals surface area contributed by atoms with Gasteiger partial charge in [-0.3, -0.25) is 0 Å². The highest BCUT2D eigenvalue weighted by atomic mass is 35.5. The minimum Gasteiger partial charge on any atom is -0.383 e. The van der Waals surface area contributed by atoms with Crippen LogP contribution in [0.2, 0.25) is 5.02 Å². The summed E-state index contributed by atoms with van der Waals surface area (Å²) in [5, 5.41) is 10.7. The van der Waals surface area contributed by atoms with Crippen LogP contribution in [0.1, 0.15) is 19.4 Å². The molecule has 0 aliphatic rings. The van der Waals surface area contributed by atoms with Crippen LogP contribution in [0.15, 0.2) is 24.3 Å². The van der Waals surface area contributed by atoms with Gasteiger partial charge >= 0.3 is 0 Å². The third kappa shape index (κ3) is 2.71. The lowest BCUT2D eigenvalue weighted by molar-refractivity contribution is -0.0342. The van der Waals surface area contributed by atoms with Crippen molar-refractivity contribution in [2.75, 3.05) is 13.2 Å². The van der Waals surface area contributed by atoms with E-state index in [-0.39, 0.29) is 6.61 Å². The van der Waals surface area contributed by atoms with Crippen molar-refractivity contribution in [3.8, 4) is 0 Å². The summed E-state index contributed by atoms with van der Waals surface area (Å²) in [4.78, 5) is 0. The van der Waals surface area contributed by atoms with E-state index >= 15 is 0 Å². The predicted molar refractivity (Wildman–Crippen MR) is 57.5 cm³/mol. The van der Waals surface area contributed by atoms with Gasteiger partial charge in [0.1, 0.15) is 5.60 Å². The number of aliphatic hydroxyl groups is 1. The fourth-order valence-corrected chi connectivity index (χ4v) is 1.62. The first-order chi connectivity index (χ1) is 6.58. The molecule has 1 aromatic carbocycles. The highest BCUT2D eigenvalue weighted by molar-refractivity contribution is 6.31. The first-order valence-electron chi connectivity index (χ1n) is 4.63. The molecule has 0 aliphatic heterocycles. The molecule has 1 aromatic rings. The van der Waals surface area contributed by atoms with E-state index in [2.05, 4.69) is 0 Å². The van der Waals surface area contributed by atoms with E-state index in [1.54, 1.807) is 19.1 Å². The molecule has 0 fully saturated rings. The average Bonchev–Trinajstić information content (AvgIpc) is 2.15. The highest BCUT2D eigenvalue weighted by Gasteiger charge is 2.25. The van der Waals surface area contributed by atoms with Crippen molar-refractivity contribution in [1.82, 2.24) is 0 Å². The molecule has 1 N–H and O–H groups in total. The summed E-state index contributed by atoms with van der Waals surface area (Å²) < 4.78 is 5.20. The molecule has 2 nitrogen and oxygen atoms in total. The molecule has 0 radical (unpaired) electrons. The smallest absolute Gasteiger partial charge is 0.111 e. The molecule has 0 amide bonds. The second-order valence-corrected chi connectivity index (χ2v) is 3.80. The standard InChI is InChI=1S/C11H15ClO2/c1-3-14-8-11(2,13)9-6-4-5-7-10(9)12/h4-7,13H,3,8H2,1-2H3. The Morgan fingerprint density at radius 3 is 2.64 bits per heavy atom. The fourth-order valence-electron chi connectivity index (χ4n) is 1.28. The lowest BCUT2D eigenvalue weighted by atomic mass is 9.97. The Morgan fingerprint density at radius 2 is 2.07 bits per heavy atom.